The van der Waals surface area contributed by atoms with Crippen molar-refractivity contribution in [2.75, 3.05) is 37.6 Å². The molecule has 28 heavy (non-hydrogen) atoms. The first-order chi connectivity index (χ1) is 13.8. The highest BCUT2D eigenvalue weighted by Gasteiger charge is 2.23. The van der Waals surface area contributed by atoms with Gasteiger partial charge < -0.3 is 9.80 Å². The molecule has 3 aromatic rings. The number of nitrogens with zero attached hydrogens (tertiary/aromatic N) is 3. The van der Waals surface area contributed by atoms with E-state index < -0.39 is 0 Å². The number of rotatable bonds is 6. The van der Waals surface area contributed by atoms with Crippen LogP contribution in [0.1, 0.15) is 16.5 Å². The summed E-state index contributed by atoms with van der Waals surface area (Å²) in [5, 5.41) is 5.55. The number of carbonyl (C=O) groups excluding carboxylic acids is 1. The zero-order valence-corrected chi connectivity index (χ0v) is 16.5. The molecule has 1 fully saturated rings. The monoisotopic (exact) mass is 392 g/mol. The van der Waals surface area contributed by atoms with Crippen LogP contribution in [0.4, 0.5) is 5.82 Å². The lowest BCUT2D eigenvalue weighted by molar-refractivity contribution is -0.130. The summed E-state index contributed by atoms with van der Waals surface area (Å²) in [5.41, 5.74) is 1.18. The van der Waals surface area contributed by atoms with Crippen LogP contribution < -0.4 is 10.2 Å². The molecular weight excluding hydrogens is 368 g/mol. The zero-order valence-electron chi connectivity index (χ0n) is 15.7. The van der Waals surface area contributed by atoms with Gasteiger partial charge in [-0.05, 0) is 29.1 Å². The second-order valence-corrected chi connectivity index (χ2v) is 7.78. The standard InChI is InChI=1S/C22H24N4OS/c27-21(26-14-12-25(13-15-26)20-10-4-5-11-23-20)17-24-22(19-9-6-16-28-19)18-7-2-1-3-8-18/h1-11,16,22,24H,12-15,17H2. The van der Waals surface area contributed by atoms with Gasteiger partial charge in [0, 0.05) is 37.3 Å². The first-order valence-corrected chi connectivity index (χ1v) is 10.4. The maximum atomic E-state index is 12.8. The minimum absolute atomic E-state index is 0.0416. The number of carbonyl (C=O) groups is 1. The molecule has 1 aromatic carbocycles. The van der Waals surface area contributed by atoms with Crippen LogP contribution >= 0.6 is 11.3 Å². The van der Waals surface area contributed by atoms with Gasteiger partial charge in [-0.3, -0.25) is 10.1 Å². The van der Waals surface area contributed by atoms with Gasteiger partial charge in [-0.15, -0.1) is 11.3 Å². The van der Waals surface area contributed by atoms with E-state index in [1.807, 2.05) is 47.5 Å². The van der Waals surface area contributed by atoms with E-state index in [1.165, 1.54) is 10.4 Å². The van der Waals surface area contributed by atoms with Crippen molar-refractivity contribution in [3.63, 3.8) is 0 Å². The van der Waals surface area contributed by atoms with E-state index in [-0.39, 0.29) is 11.9 Å². The third-order valence-corrected chi connectivity index (χ3v) is 5.96. The Balaban J connectivity index is 1.34. The van der Waals surface area contributed by atoms with E-state index in [9.17, 15) is 4.79 Å². The molecule has 1 aliphatic heterocycles. The van der Waals surface area contributed by atoms with Crippen molar-refractivity contribution in [3.05, 3.63) is 82.7 Å². The molecule has 0 radical (unpaired) electrons. The van der Waals surface area contributed by atoms with Gasteiger partial charge in [0.25, 0.3) is 0 Å². The van der Waals surface area contributed by atoms with Crippen molar-refractivity contribution in [3.8, 4) is 0 Å². The molecule has 5 nitrogen and oxygen atoms in total. The van der Waals surface area contributed by atoms with Crippen LogP contribution in [0.5, 0.6) is 0 Å². The summed E-state index contributed by atoms with van der Waals surface area (Å²) in [5.74, 6) is 1.13. The van der Waals surface area contributed by atoms with Crippen molar-refractivity contribution in [1.82, 2.24) is 15.2 Å². The molecule has 0 spiro atoms. The summed E-state index contributed by atoms with van der Waals surface area (Å²) in [6.07, 6.45) is 1.81. The van der Waals surface area contributed by atoms with Gasteiger partial charge in [0.05, 0.1) is 12.6 Å². The van der Waals surface area contributed by atoms with Crippen LogP contribution in [0.3, 0.4) is 0 Å². The predicted molar refractivity (Wildman–Crippen MR) is 114 cm³/mol. The quantitative estimate of drug-likeness (QED) is 0.700. The molecular formula is C22H24N4OS. The van der Waals surface area contributed by atoms with Gasteiger partial charge in [-0.1, -0.05) is 42.5 Å². The summed E-state index contributed by atoms with van der Waals surface area (Å²) in [7, 11) is 0. The lowest BCUT2D eigenvalue weighted by Crippen LogP contribution is -2.51. The van der Waals surface area contributed by atoms with Crippen molar-refractivity contribution in [1.29, 1.82) is 0 Å². The summed E-state index contributed by atoms with van der Waals surface area (Å²) in [4.78, 5) is 22.6. The zero-order chi connectivity index (χ0) is 19.2. The number of amides is 1. The Bertz CT molecular complexity index is 862. The molecule has 0 aliphatic carbocycles. The average Bonchev–Trinajstić information content (AvgIpc) is 3.30. The molecule has 1 N–H and O–H groups in total. The molecule has 2 aromatic heterocycles. The molecule has 4 rings (SSSR count). The number of piperazine rings is 1. The van der Waals surface area contributed by atoms with Gasteiger partial charge in [0.1, 0.15) is 5.82 Å². The number of pyridine rings is 1. The lowest BCUT2D eigenvalue weighted by atomic mass is 10.1. The summed E-state index contributed by atoms with van der Waals surface area (Å²) >= 11 is 1.71. The van der Waals surface area contributed by atoms with Crippen LogP contribution in [0.2, 0.25) is 0 Å². The molecule has 0 bridgehead atoms. The maximum Gasteiger partial charge on any atom is 0.236 e. The number of nitrogens with one attached hydrogen (secondary N) is 1. The Morgan fingerprint density at radius 1 is 1.00 bits per heavy atom. The van der Waals surface area contributed by atoms with Crippen LogP contribution in [0.15, 0.2) is 72.2 Å². The Morgan fingerprint density at radius 2 is 1.79 bits per heavy atom. The molecule has 144 valence electrons. The fourth-order valence-corrected chi connectivity index (χ4v) is 4.34. The van der Waals surface area contributed by atoms with Crippen molar-refractivity contribution >= 4 is 23.1 Å². The highest BCUT2D eigenvalue weighted by molar-refractivity contribution is 7.10. The van der Waals surface area contributed by atoms with Crippen molar-refractivity contribution in [2.45, 2.75) is 6.04 Å². The topological polar surface area (TPSA) is 48.5 Å². The van der Waals surface area contributed by atoms with E-state index in [1.54, 1.807) is 11.3 Å². The fourth-order valence-electron chi connectivity index (χ4n) is 3.51. The molecule has 6 heteroatoms. The van der Waals surface area contributed by atoms with Gasteiger partial charge in [0.2, 0.25) is 5.91 Å². The number of benzene rings is 1. The number of aromatic nitrogens is 1. The first kappa shape index (κ1) is 18.7. The van der Waals surface area contributed by atoms with Crippen molar-refractivity contribution in [2.24, 2.45) is 0 Å². The minimum Gasteiger partial charge on any atom is -0.353 e. The second-order valence-electron chi connectivity index (χ2n) is 6.80. The van der Waals surface area contributed by atoms with Crippen LogP contribution in [0, 0.1) is 0 Å². The van der Waals surface area contributed by atoms with E-state index in [0.717, 1.165) is 32.0 Å². The number of anilines is 1. The van der Waals surface area contributed by atoms with E-state index in [0.29, 0.717) is 6.54 Å². The largest absolute Gasteiger partial charge is 0.353 e. The highest BCUT2D eigenvalue weighted by atomic mass is 32.1. The average molecular weight is 393 g/mol. The van der Waals surface area contributed by atoms with Crippen molar-refractivity contribution < 1.29 is 4.79 Å². The molecule has 3 heterocycles. The molecule has 0 saturated carbocycles. The van der Waals surface area contributed by atoms with E-state index in [4.69, 9.17) is 0 Å². The molecule has 1 atom stereocenters. The SMILES string of the molecule is O=C(CNC(c1ccccc1)c1cccs1)N1CCN(c2ccccn2)CC1. The summed E-state index contributed by atoms with van der Waals surface area (Å²) < 4.78 is 0. The molecule has 1 saturated heterocycles. The van der Waals surface area contributed by atoms with Crippen LogP contribution in [-0.2, 0) is 4.79 Å². The Kier molecular flexibility index (Phi) is 5.99. The molecule has 1 unspecified atom stereocenters. The van der Waals surface area contributed by atoms with Crippen LogP contribution in [0.25, 0.3) is 0 Å². The third-order valence-electron chi connectivity index (χ3n) is 5.02. The number of thiophene rings is 1. The van der Waals surface area contributed by atoms with Gasteiger partial charge in [-0.25, -0.2) is 4.98 Å². The van der Waals surface area contributed by atoms with E-state index >= 15 is 0 Å². The fraction of sp³-hybridized carbons (Fsp3) is 0.273. The first-order valence-electron chi connectivity index (χ1n) is 9.57. The minimum atomic E-state index is 0.0416. The smallest absolute Gasteiger partial charge is 0.236 e. The summed E-state index contributed by atoms with van der Waals surface area (Å²) in [6.45, 7) is 3.42. The normalized spacial score (nSPS) is 15.4. The lowest BCUT2D eigenvalue weighted by Gasteiger charge is -2.35. The third kappa shape index (κ3) is 4.40. The Labute approximate surface area is 169 Å². The Morgan fingerprint density at radius 3 is 2.46 bits per heavy atom. The number of hydrogen-bond donors (Lipinski definition) is 1. The Hall–Kier alpha value is -2.70. The van der Waals surface area contributed by atoms with Gasteiger partial charge in [0.15, 0.2) is 0 Å². The predicted octanol–water partition coefficient (Wildman–Crippen LogP) is 3.17. The molecule has 1 aliphatic rings. The second kappa shape index (κ2) is 8.99. The van der Waals surface area contributed by atoms with Crippen LogP contribution in [-0.4, -0.2) is 48.5 Å². The van der Waals surface area contributed by atoms with Gasteiger partial charge in [-0.2, -0.15) is 0 Å². The van der Waals surface area contributed by atoms with E-state index in [2.05, 4.69) is 44.8 Å². The van der Waals surface area contributed by atoms with Gasteiger partial charge >= 0.3 is 0 Å². The highest BCUT2D eigenvalue weighted by Crippen LogP contribution is 2.25. The maximum absolute atomic E-state index is 12.8. The summed E-state index contributed by atoms with van der Waals surface area (Å²) in [6, 6.07) is 20.4. The molecule has 1 amide bonds. The number of hydrogen-bond acceptors (Lipinski definition) is 5.